The highest BCUT2D eigenvalue weighted by Gasteiger charge is 2.15. The van der Waals surface area contributed by atoms with Gasteiger partial charge < -0.3 is 24.0 Å². The number of esters is 3. The van der Waals surface area contributed by atoms with Crippen LogP contribution < -0.4 is 0 Å². The molecule has 0 amide bonds. The van der Waals surface area contributed by atoms with Gasteiger partial charge in [-0.1, -0.05) is 157 Å². The molecule has 0 aliphatic carbocycles. The second-order valence-corrected chi connectivity index (χ2v) is 20.4. The number of rotatable bonds is 52. The minimum absolute atomic E-state index is 0.00944. The average Bonchev–Trinajstić information content (AvgIpc) is 3.88. The Labute approximate surface area is 425 Å². The Bertz CT molecular complexity index is 1240. The van der Waals surface area contributed by atoms with Gasteiger partial charge in [0, 0.05) is 25.8 Å². The minimum Gasteiger partial charge on any atom is -0.462 e. The van der Waals surface area contributed by atoms with Gasteiger partial charge in [-0.15, -0.1) is 0 Å². The van der Waals surface area contributed by atoms with Gasteiger partial charge in [0.05, 0.1) is 6.54 Å². The summed E-state index contributed by atoms with van der Waals surface area (Å²) in [4.78, 5) is 46.9. The van der Waals surface area contributed by atoms with Crippen molar-refractivity contribution in [1.29, 1.82) is 0 Å². The summed E-state index contributed by atoms with van der Waals surface area (Å²) in [6.07, 6.45) is 43.5. The van der Waals surface area contributed by atoms with E-state index in [0.29, 0.717) is 19.3 Å². The Morgan fingerprint density at radius 3 is 1.04 bits per heavy atom. The molecule has 1 heterocycles. The van der Waals surface area contributed by atoms with Crippen LogP contribution in [0.4, 0.5) is 0 Å². The molecule has 11 heteroatoms. The molecular formula is C58H111N5O6. The van der Waals surface area contributed by atoms with Crippen molar-refractivity contribution >= 4 is 17.9 Å². The third-order valence-electron chi connectivity index (χ3n) is 14.0. The minimum atomic E-state index is -0.0129. The SMILES string of the molecule is CCCCCC(CC)OC(=O)CCCCCCCCN(CCCCCCCCC(=O)OC(CC)CCCCC)CCCN(CCCCCCCCC(=O)OC(CC)CCCCC)CCn1cncn1. The Morgan fingerprint density at radius 1 is 0.406 bits per heavy atom. The van der Waals surface area contributed by atoms with Crippen LogP contribution in [0.1, 0.15) is 279 Å². The molecule has 1 aromatic heterocycles. The summed E-state index contributed by atoms with van der Waals surface area (Å²) < 4.78 is 19.3. The topological polar surface area (TPSA) is 116 Å². The number of unbranched alkanes of at least 4 members (excludes halogenated alkanes) is 21. The van der Waals surface area contributed by atoms with Crippen LogP contribution >= 0.6 is 0 Å². The molecule has 3 atom stereocenters. The molecule has 0 fully saturated rings. The zero-order valence-electron chi connectivity index (χ0n) is 46.2. The summed E-state index contributed by atoms with van der Waals surface area (Å²) >= 11 is 0. The van der Waals surface area contributed by atoms with Crippen LogP contribution in [0.25, 0.3) is 0 Å². The van der Waals surface area contributed by atoms with Crippen LogP contribution in [-0.2, 0) is 35.1 Å². The molecular weight excluding hydrogens is 863 g/mol. The number of ether oxygens (including phenoxy) is 3. The van der Waals surface area contributed by atoms with Crippen molar-refractivity contribution in [3.8, 4) is 0 Å². The number of aromatic nitrogens is 3. The Kier molecular flexibility index (Phi) is 44.6. The first-order valence-corrected chi connectivity index (χ1v) is 29.6. The smallest absolute Gasteiger partial charge is 0.306 e. The number of hydrogen-bond donors (Lipinski definition) is 0. The first kappa shape index (κ1) is 64.5. The summed E-state index contributed by atoms with van der Waals surface area (Å²) in [5.41, 5.74) is 0. The lowest BCUT2D eigenvalue weighted by Crippen LogP contribution is -2.33. The van der Waals surface area contributed by atoms with Crippen LogP contribution in [0.3, 0.4) is 0 Å². The molecule has 1 aromatic rings. The number of carbonyl (C=O) groups excluding carboxylic acids is 3. The van der Waals surface area contributed by atoms with Crippen LogP contribution in [0, 0.1) is 0 Å². The largest absolute Gasteiger partial charge is 0.462 e. The van der Waals surface area contributed by atoms with Gasteiger partial charge >= 0.3 is 17.9 Å². The van der Waals surface area contributed by atoms with Gasteiger partial charge in [0.15, 0.2) is 0 Å². The fourth-order valence-corrected chi connectivity index (χ4v) is 9.36. The molecule has 0 saturated carbocycles. The molecule has 404 valence electrons. The third kappa shape index (κ3) is 39.7. The van der Waals surface area contributed by atoms with Crippen molar-refractivity contribution in [1.82, 2.24) is 24.6 Å². The van der Waals surface area contributed by atoms with Crippen molar-refractivity contribution in [3.63, 3.8) is 0 Å². The third-order valence-corrected chi connectivity index (χ3v) is 14.0. The van der Waals surface area contributed by atoms with Crippen LogP contribution in [0.15, 0.2) is 12.7 Å². The summed E-state index contributed by atoms with van der Waals surface area (Å²) in [5.74, 6) is -0.0318. The van der Waals surface area contributed by atoms with E-state index in [2.05, 4.69) is 61.4 Å². The molecule has 0 radical (unpaired) electrons. The average molecular weight is 975 g/mol. The van der Waals surface area contributed by atoms with E-state index in [9.17, 15) is 14.4 Å². The van der Waals surface area contributed by atoms with E-state index in [1.807, 2.05) is 11.0 Å². The van der Waals surface area contributed by atoms with E-state index in [1.54, 1.807) is 6.33 Å². The van der Waals surface area contributed by atoms with Crippen LogP contribution in [0.2, 0.25) is 0 Å². The Morgan fingerprint density at radius 2 is 0.725 bits per heavy atom. The zero-order chi connectivity index (χ0) is 50.3. The van der Waals surface area contributed by atoms with Gasteiger partial charge in [-0.3, -0.25) is 19.1 Å². The second-order valence-electron chi connectivity index (χ2n) is 20.4. The van der Waals surface area contributed by atoms with Crippen molar-refractivity contribution in [3.05, 3.63) is 12.7 Å². The maximum atomic E-state index is 12.5. The molecule has 0 N–H and O–H groups in total. The molecule has 1 rings (SSSR count). The second kappa shape index (κ2) is 47.8. The fraction of sp³-hybridized carbons (Fsp3) is 0.914. The summed E-state index contributed by atoms with van der Waals surface area (Å²) in [7, 11) is 0. The van der Waals surface area contributed by atoms with E-state index in [4.69, 9.17) is 14.2 Å². The van der Waals surface area contributed by atoms with E-state index < -0.39 is 0 Å². The highest BCUT2D eigenvalue weighted by atomic mass is 16.6. The summed E-state index contributed by atoms with van der Waals surface area (Å²) in [6, 6.07) is 0. The van der Waals surface area contributed by atoms with Gasteiger partial charge in [0.25, 0.3) is 0 Å². The zero-order valence-corrected chi connectivity index (χ0v) is 46.2. The monoisotopic (exact) mass is 974 g/mol. The van der Waals surface area contributed by atoms with Gasteiger partial charge in [-0.25, -0.2) is 4.98 Å². The lowest BCUT2D eigenvalue weighted by Gasteiger charge is -2.26. The maximum Gasteiger partial charge on any atom is 0.306 e. The fourth-order valence-electron chi connectivity index (χ4n) is 9.36. The summed E-state index contributed by atoms with van der Waals surface area (Å²) in [6.45, 7) is 20.4. The standard InChI is InChI=1S/C58H111N5O6/c1-7-13-28-38-53(10-4)67-56(64)41-31-22-16-19-25-34-44-61(45-35-26-20-17-23-32-42-57(65)68-54(11-5)39-29-14-8-2)47-37-48-62(49-50-63-52-59-51-60-63)46-36-27-21-18-24-33-43-58(66)69-55(12-6)40-30-15-9-3/h51-55H,7-50H2,1-6H3. The highest BCUT2D eigenvalue weighted by Crippen LogP contribution is 2.17. The molecule has 0 aliphatic heterocycles. The van der Waals surface area contributed by atoms with Crippen molar-refractivity contribution in [2.45, 2.75) is 304 Å². The quantitative estimate of drug-likeness (QED) is 0.0355. The Balaban J connectivity index is 2.55. The molecule has 11 nitrogen and oxygen atoms in total. The molecule has 0 spiro atoms. The predicted molar refractivity (Wildman–Crippen MR) is 287 cm³/mol. The number of hydrogen-bond acceptors (Lipinski definition) is 10. The first-order chi connectivity index (χ1) is 33.8. The van der Waals surface area contributed by atoms with E-state index in [0.717, 1.165) is 149 Å². The molecule has 0 saturated heterocycles. The molecule has 0 aliphatic rings. The maximum absolute atomic E-state index is 12.5. The predicted octanol–water partition coefficient (Wildman–Crippen LogP) is 15.2. The van der Waals surface area contributed by atoms with Crippen LogP contribution in [0.5, 0.6) is 0 Å². The van der Waals surface area contributed by atoms with Crippen molar-refractivity contribution in [2.24, 2.45) is 0 Å². The number of carbonyl (C=O) groups is 3. The van der Waals surface area contributed by atoms with Crippen LogP contribution in [-0.4, -0.2) is 100 Å². The van der Waals surface area contributed by atoms with Gasteiger partial charge in [-0.2, -0.15) is 5.10 Å². The van der Waals surface area contributed by atoms with Crippen molar-refractivity contribution < 1.29 is 28.6 Å². The Hall–Kier alpha value is -2.53. The van der Waals surface area contributed by atoms with Crippen molar-refractivity contribution in [2.75, 3.05) is 39.3 Å². The van der Waals surface area contributed by atoms with Gasteiger partial charge in [-0.05, 0) is 135 Å². The van der Waals surface area contributed by atoms with E-state index in [1.165, 1.54) is 116 Å². The van der Waals surface area contributed by atoms with E-state index >= 15 is 0 Å². The highest BCUT2D eigenvalue weighted by molar-refractivity contribution is 5.70. The first-order valence-electron chi connectivity index (χ1n) is 29.6. The molecule has 0 bridgehead atoms. The normalized spacial score (nSPS) is 13.0. The molecule has 3 unspecified atom stereocenters. The van der Waals surface area contributed by atoms with Gasteiger partial charge in [0.2, 0.25) is 0 Å². The number of nitrogens with zero attached hydrogens (tertiary/aromatic N) is 5. The molecule has 0 aromatic carbocycles. The molecule has 69 heavy (non-hydrogen) atoms. The van der Waals surface area contributed by atoms with Gasteiger partial charge in [0.1, 0.15) is 31.0 Å². The lowest BCUT2D eigenvalue weighted by atomic mass is 10.1. The lowest BCUT2D eigenvalue weighted by molar-refractivity contribution is -0.150. The van der Waals surface area contributed by atoms with E-state index in [-0.39, 0.29) is 36.2 Å². The summed E-state index contributed by atoms with van der Waals surface area (Å²) in [5, 5.41) is 4.38.